The van der Waals surface area contributed by atoms with Crippen molar-refractivity contribution in [3.05, 3.63) is 23.7 Å². The van der Waals surface area contributed by atoms with Crippen LogP contribution in [-0.4, -0.2) is 42.9 Å². The van der Waals surface area contributed by atoms with Crippen LogP contribution in [0.1, 0.15) is 43.6 Å². The summed E-state index contributed by atoms with van der Waals surface area (Å²) in [5, 5.41) is 0. The van der Waals surface area contributed by atoms with E-state index in [0.29, 0.717) is 18.2 Å². The maximum atomic E-state index is 6.29. The van der Waals surface area contributed by atoms with Gasteiger partial charge in [-0.1, -0.05) is 0 Å². The number of hydrogen-bond acceptors (Lipinski definition) is 4. The molecule has 1 aromatic rings. The van der Waals surface area contributed by atoms with Crippen molar-refractivity contribution in [3.63, 3.8) is 0 Å². The lowest BCUT2D eigenvalue weighted by atomic mass is 9.99. The highest BCUT2D eigenvalue weighted by Crippen LogP contribution is 2.33. The summed E-state index contributed by atoms with van der Waals surface area (Å²) in [6.07, 6.45) is 6.91. The molecule has 4 heteroatoms. The monoisotopic (exact) mass is 305 g/mol. The molecule has 3 atom stereocenters. The van der Waals surface area contributed by atoms with E-state index < -0.39 is 0 Å². The second kappa shape index (κ2) is 6.34. The van der Waals surface area contributed by atoms with Crippen molar-refractivity contribution in [3.8, 4) is 0 Å². The average Bonchev–Trinajstić information content (AvgIpc) is 3.12. The Bertz CT molecular complexity index is 496. The SMILES string of the molecule is Cc1ccc(CN2CC[C@@H]3O[C@H](COCC4CC4)CC[C@@H]32)o1. The van der Waals surface area contributed by atoms with Crippen LogP contribution in [0.15, 0.2) is 16.5 Å². The number of aryl methyl sites for hydroxylation is 1. The van der Waals surface area contributed by atoms with Crippen LogP contribution < -0.4 is 0 Å². The fourth-order valence-electron chi connectivity index (χ4n) is 3.83. The molecule has 0 spiro atoms. The summed E-state index contributed by atoms with van der Waals surface area (Å²) in [5.41, 5.74) is 0. The van der Waals surface area contributed by atoms with Gasteiger partial charge >= 0.3 is 0 Å². The predicted molar refractivity (Wildman–Crippen MR) is 83.7 cm³/mol. The highest BCUT2D eigenvalue weighted by molar-refractivity contribution is 5.06. The van der Waals surface area contributed by atoms with Crippen LogP contribution in [0.2, 0.25) is 0 Å². The van der Waals surface area contributed by atoms with Crippen LogP contribution in [-0.2, 0) is 16.0 Å². The van der Waals surface area contributed by atoms with E-state index in [1.807, 2.05) is 13.0 Å². The molecule has 4 rings (SSSR count). The summed E-state index contributed by atoms with van der Waals surface area (Å²) in [6, 6.07) is 4.71. The van der Waals surface area contributed by atoms with Gasteiger partial charge in [0, 0.05) is 19.2 Å². The topological polar surface area (TPSA) is 34.8 Å². The van der Waals surface area contributed by atoms with Gasteiger partial charge in [-0.15, -0.1) is 0 Å². The van der Waals surface area contributed by atoms with Crippen molar-refractivity contribution in [2.24, 2.45) is 5.92 Å². The van der Waals surface area contributed by atoms with Gasteiger partial charge in [0.1, 0.15) is 11.5 Å². The molecule has 22 heavy (non-hydrogen) atoms. The largest absolute Gasteiger partial charge is 0.465 e. The van der Waals surface area contributed by atoms with Gasteiger partial charge in [-0.3, -0.25) is 4.90 Å². The minimum absolute atomic E-state index is 0.311. The summed E-state index contributed by atoms with van der Waals surface area (Å²) in [5.74, 6) is 2.92. The van der Waals surface area contributed by atoms with Crippen LogP contribution in [0.25, 0.3) is 0 Å². The second-order valence-corrected chi connectivity index (χ2v) is 7.19. The number of likely N-dealkylation sites (tertiary alicyclic amines) is 1. The third-order valence-electron chi connectivity index (χ3n) is 5.26. The number of fused-ring (bicyclic) bond motifs is 1. The third-order valence-corrected chi connectivity index (χ3v) is 5.26. The van der Waals surface area contributed by atoms with Gasteiger partial charge in [0.15, 0.2) is 0 Å². The Morgan fingerprint density at radius 3 is 2.82 bits per heavy atom. The summed E-state index contributed by atoms with van der Waals surface area (Å²) < 4.78 is 17.8. The molecule has 3 heterocycles. The molecule has 0 N–H and O–H groups in total. The molecule has 0 amide bonds. The van der Waals surface area contributed by atoms with Gasteiger partial charge in [-0.25, -0.2) is 0 Å². The fourth-order valence-corrected chi connectivity index (χ4v) is 3.83. The lowest BCUT2D eigenvalue weighted by Crippen LogP contribution is -2.43. The standard InChI is InChI=1S/C18H27NO3/c1-13-2-5-15(21-13)10-19-9-8-18-17(19)7-6-16(22-18)12-20-11-14-3-4-14/h2,5,14,16-18H,3-4,6-12H2,1H3/t16-,17-,18-/m0/s1. The molecule has 0 aromatic carbocycles. The molecule has 4 nitrogen and oxygen atoms in total. The molecule has 2 saturated heterocycles. The van der Waals surface area contributed by atoms with Crippen molar-refractivity contribution in [1.29, 1.82) is 0 Å². The zero-order valence-corrected chi connectivity index (χ0v) is 13.5. The summed E-state index contributed by atoms with van der Waals surface area (Å²) in [7, 11) is 0. The smallest absolute Gasteiger partial charge is 0.118 e. The van der Waals surface area contributed by atoms with Gasteiger partial charge < -0.3 is 13.9 Å². The van der Waals surface area contributed by atoms with Crippen molar-refractivity contribution >= 4 is 0 Å². The molecule has 0 radical (unpaired) electrons. The first-order valence-corrected chi connectivity index (χ1v) is 8.80. The summed E-state index contributed by atoms with van der Waals surface area (Å²) >= 11 is 0. The number of nitrogens with zero attached hydrogens (tertiary/aromatic N) is 1. The maximum absolute atomic E-state index is 6.29. The van der Waals surface area contributed by atoms with Crippen molar-refractivity contribution in [1.82, 2.24) is 4.90 Å². The Balaban J connectivity index is 1.26. The molecule has 0 bridgehead atoms. The lowest BCUT2D eigenvalue weighted by molar-refractivity contribution is -0.101. The number of hydrogen-bond donors (Lipinski definition) is 0. The quantitative estimate of drug-likeness (QED) is 0.809. The van der Waals surface area contributed by atoms with Crippen molar-refractivity contribution < 1.29 is 13.9 Å². The maximum Gasteiger partial charge on any atom is 0.118 e. The van der Waals surface area contributed by atoms with Crippen molar-refractivity contribution in [2.75, 3.05) is 19.8 Å². The van der Waals surface area contributed by atoms with Gasteiger partial charge in [0.25, 0.3) is 0 Å². The number of ether oxygens (including phenoxy) is 2. The number of furan rings is 1. The van der Waals surface area contributed by atoms with E-state index in [-0.39, 0.29) is 0 Å². The molecular weight excluding hydrogens is 278 g/mol. The molecule has 3 aliphatic rings. The Hall–Kier alpha value is -0.840. The molecule has 122 valence electrons. The molecule has 1 saturated carbocycles. The molecule has 0 unspecified atom stereocenters. The van der Waals surface area contributed by atoms with Crippen LogP contribution in [0.5, 0.6) is 0 Å². The van der Waals surface area contributed by atoms with Crippen LogP contribution in [0.3, 0.4) is 0 Å². The minimum Gasteiger partial charge on any atom is -0.465 e. The Morgan fingerprint density at radius 2 is 2.05 bits per heavy atom. The number of rotatable bonds is 6. The van der Waals surface area contributed by atoms with Crippen molar-refractivity contribution in [2.45, 2.75) is 63.8 Å². The zero-order valence-electron chi connectivity index (χ0n) is 13.5. The minimum atomic E-state index is 0.311. The first kappa shape index (κ1) is 14.7. The van der Waals surface area contributed by atoms with Crippen LogP contribution in [0, 0.1) is 12.8 Å². The van der Waals surface area contributed by atoms with E-state index in [1.165, 1.54) is 19.3 Å². The van der Waals surface area contributed by atoms with Gasteiger partial charge in [-0.05, 0) is 57.1 Å². The Kier molecular flexibility index (Phi) is 4.25. The van der Waals surface area contributed by atoms with E-state index in [2.05, 4.69) is 11.0 Å². The van der Waals surface area contributed by atoms with E-state index in [4.69, 9.17) is 13.9 Å². The van der Waals surface area contributed by atoms with E-state index in [9.17, 15) is 0 Å². The highest BCUT2D eigenvalue weighted by Gasteiger charge is 2.40. The molecule has 1 aromatic heterocycles. The van der Waals surface area contributed by atoms with E-state index >= 15 is 0 Å². The average molecular weight is 305 g/mol. The first-order chi connectivity index (χ1) is 10.8. The normalized spacial score (nSPS) is 32.3. The zero-order chi connectivity index (χ0) is 14.9. The van der Waals surface area contributed by atoms with Gasteiger partial charge in [0.2, 0.25) is 0 Å². The second-order valence-electron chi connectivity index (χ2n) is 7.19. The first-order valence-electron chi connectivity index (χ1n) is 8.80. The predicted octanol–water partition coefficient (Wildman–Crippen LogP) is 3.14. The molecule has 1 aliphatic carbocycles. The van der Waals surface area contributed by atoms with E-state index in [0.717, 1.165) is 56.6 Å². The summed E-state index contributed by atoms with van der Waals surface area (Å²) in [6.45, 7) is 5.77. The highest BCUT2D eigenvalue weighted by atomic mass is 16.5. The molecule has 2 aliphatic heterocycles. The Morgan fingerprint density at radius 1 is 1.14 bits per heavy atom. The Labute approximate surface area is 132 Å². The molecule has 3 fully saturated rings. The third kappa shape index (κ3) is 3.39. The fraction of sp³-hybridized carbons (Fsp3) is 0.778. The van der Waals surface area contributed by atoms with Gasteiger partial charge in [0.05, 0.1) is 25.4 Å². The summed E-state index contributed by atoms with van der Waals surface area (Å²) in [4.78, 5) is 2.53. The molecular formula is C18H27NO3. The van der Waals surface area contributed by atoms with Gasteiger partial charge in [-0.2, -0.15) is 0 Å². The van der Waals surface area contributed by atoms with Crippen LogP contribution in [0.4, 0.5) is 0 Å². The van der Waals surface area contributed by atoms with E-state index in [1.54, 1.807) is 0 Å². The van der Waals surface area contributed by atoms with Crippen LogP contribution >= 0.6 is 0 Å². The lowest BCUT2D eigenvalue weighted by Gasteiger charge is -2.35.